The summed E-state index contributed by atoms with van der Waals surface area (Å²) in [4.78, 5) is 12.8. The first-order valence-corrected chi connectivity index (χ1v) is 11.4. The van der Waals surface area contributed by atoms with E-state index in [9.17, 15) is 26.4 Å². The van der Waals surface area contributed by atoms with Gasteiger partial charge in [-0.1, -0.05) is 12.1 Å². The molecule has 1 unspecified atom stereocenters. The monoisotopic (exact) mass is 487 g/mol. The molecule has 0 bridgehead atoms. The van der Waals surface area contributed by atoms with E-state index in [1.165, 1.54) is 22.6 Å². The molecule has 0 amide bonds. The number of hydrogen-bond donors (Lipinski definition) is 0. The Kier molecular flexibility index (Phi) is 6.10. The number of halogens is 3. The Labute approximate surface area is 186 Å². The molecule has 0 N–H and O–H groups in total. The van der Waals surface area contributed by atoms with Gasteiger partial charge in [-0.25, -0.2) is 4.68 Å². The van der Waals surface area contributed by atoms with Gasteiger partial charge in [-0.3, -0.25) is 4.79 Å². The molecule has 1 fully saturated rings. The Morgan fingerprint density at radius 1 is 1.21 bits per heavy atom. The number of nitrogens with zero attached hydrogens (tertiary/aromatic N) is 3. The fourth-order valence-corrected chi connectivity index (χ4v) is 3.98. The predicted octanol–water partition coefficient (Wildman–Crippen LogP) is 3.18. The van der Waals surface area contributed by atoms with Gasteiger partial charge in [0.1, 0.15) is 12.0 Å². The molecule has 1 aliphatic heterocycles. The largest absolute Gasteiger partial charge is 0.534 e. The van der Waals surface area contributed by atoms with E-state index < -0.39 is 33.2 Å². The molecule has 1 atom stereocenters. The van der Waals surface area contributed by atoms with Crippen molar-refractivity contribution in [1.29, 1.82) is 0 Å². The van der Waals surface area contributed by atoms with Crippen LogP contribution in [-0.2, 0) is 21.4 Å². The molecule has 3 heterocycles. The standard InChI is InChI=1S/C20H20F3N3O6S/c1-30-14-7-5-13(6-8-14)11-25-15-12-26(18-4-2-3-9-31-18)24-19(15)16(10-17(25)27)32-33(28,29)20(21,22)23/h5-8,10,12,18H,2-4,9,11H2,1H3. The van der Waals surface area contributed by atoms with Crippen LogP contribution in [0.2, 0.25) is 0 Å². The minimum atomic E-state index is -6.00. The fourth-order valence-electron chi connectivity index (χ4n) is 3.52. The lowest BCUT2D eigenvalue weighted by molar-refractivity contribution is -0.0500. The third kappa shape index (κ3) is 4.69. The Bertz CT molecular complexity index is 1310. The van der Waals surface area contributed by atoms with Crippen LogP contribution in [-0.4, -0.2) is 42.0 Å². The normalized spacial score (nSPS) is 17.3. The van der Waals surface area contributed by atoms with Gasteiger partial charge in [-0.15, -0.1) is 0 Å². The molecule has 4 rings (SSSR count). The van der Waals surface area contributed by atoms with Crippen LogP contribution in [0.4, 0.5) is 13.2 Å². The molecule has 2 aromatic heterocycles. The molecule has 0 saturated carbocycles. The van der Waals surface area contributed by atoms with E-state index >= 15 is 0 Å². The summed E-state index contributed by atoms with van der Waals surface area (Å²) in [5, 5.41) is 4.23. The van der Waals surface area contributed by atoms with Crippen molar-refractivity contribution in [1.82, 2.24) is 14.3 Å². The molecule has 1 aromatic carbocycles. The van der Waals surface area contributed by atoms with Crippen LogP contribution in [0.5, 0.6) is 11.5 Å². The first-order chi connectivity index (χ1) is 15.6. The molecule has 178 valence electrons. The van der Waals surface area contributed by atoms with Gasteiger partial charge in [-0.2, -0.15) is 26.7 Å². The summed E-state index contributed by atoms with van der Waals surface area (Å²) >= 11 is 0. The number of ether oxygens (including phenoxy) is 2. The maximum atomic E-state index is 12.9. The van der Waals surface area contributed by atoms with Crippen LogP contribution >= 0.6 is 0 Å². The van der Waals surface area contributed by atoms with Crippen LogP contribution in [0.1, 0.15) is 31.1 Å². The second-order valence-electron chi connectivity index (χ2n) is 7.43. The van der Waals surface area contributed by atoms with Gasteiger partial charge in [-0.05, 0) is 37.0 Å². The lowest BCUT2D eigenvalue weighted by Gasteiger charge is -2.22. The van der Waals surface area contributed by atoms with Gasteiger partial charge in [0.15, 0.2) is 11.3 Å². The van der Waals surface area contributed by atoms with E-state index in [-0.39, 0.29) is 17.6 Å². The van der Waals surface area contributed by atoms with E-state index in [2.05, 4.69) is 9.28 Å². The number of hydrogen-bond acceptors (Lipinski definition) is 7. The molecule has 9 nitrogen and oxygen atoms in total. The molecule has 0 spiro atoms. The van der Waals surface area contributed by atoms with Crippen LogP contribution in [0, 0.1) is 0 Å². The minimum Gasteiger partial charge on any atom is -0.497 e. The van der Waals surface area contributed by atoms with Crippen molar-refractivity contribution in [3.63, 3.8) is 0 Å². The summed E-state index contributed by atoms with van der Waals surface area (Å²) in [6.07, 6.45) is 3.27. The van der Waals surface area contributed by atoms with E-state index in [0.717, 1.165) is 12.8 Å². The van der Waals surface area contributed by atoms with Gasteiger partial charge in [0.25, 0.3) is 5.56 Å². The van der Waals surface area contributed by atoms with Crippen molar-refractivity contribution < 1.29 is 35.2 Å². The van der Waals surface area contributed by atoms with Crippen LogP contribution in [0.15, 0.2) is 41.3 Å². The molecule has 13 heteroatoms. The Morgan fingerprint density at radius 3 is 2.55 bits per heavy atom. The first-order valence-electron chi connectivity index (χ1n) is 9.97. The summed E-state index contributed by atoms with van der Waals surface area (Å²) in [7, 11) is -4.48. The average Bonchev–Trinajstić information content (AvgIpc) is 3.22. The highest BCUT2D eigenvalue weighted by molar-refractivity contribution is 7.88. The third-order valence-corrected chi connectivity index (χ3v) is 6.16. The van der Waals surface area contributed by atoms with Crippen molar-refractivity contribution in [2.45, 2.75) is 37.5 Å². The highest BCUT2D eigenvalue weighted by Crippen LogP contribution is 2.32. The van der Waals surface area contributed by atoms with E-state index in [1.54, 1.807) is 24.3 Å². The topological polar surface area (TPSA) is 102 Å². The van der Waals surface area contributed by atoms with Crippen molar-refractivity contribution >= 4 is 21.2 Å². The zero-order valence-electron chi connectivity index (χ0n) is 17.4. The first kappa shape index (κ1) is 23.1. The Balaban J connectivity index is 1.82. The number of aromatic nitrogens is 3. The number of alkyl halides is 3. The molecule has 1 saturated heterocycles. The maximum absolute atomic E-state index is 12.9. The van der Waals surface area contributed by atoms with Gasteiger partial charge in [0, 0.05) is 12.7 Å². The van der Waals surface area contributed by atoms with Crippen molar-refractivity contribution in [2.24, 2.45) is 0 Å². The summed E-state index contributed by atoms with van der Waals surface area (Å²) < 4.78 is 79.6. The van der Waals surface area contributed by atoms with Crippen molar-refractivity contribution in [3.05, 3.63) is 52.4 Å². The summed E-state index contributed by atoms with van der Waals surface area (Å²) in [6, 6.07) is 7.54. The number of rotatable bonds is 6. The summed E-state index contributed by atoms with van der Waals surface area (Å²) in [5.41, 5.74) is -5.80. The quantitative estimate of drug-likeness (QED) is 0.389. The zero-order chi connectivity index (χ0) is 23.8. The van der Waals surface area contributed by atoms with Crippen molar-refractivity contribution in [2.75, 3.05) is 13.7 Å². The Hall–Kier alpha value is -3.06. The smallest absolute Gasteiger partial charge is 0.497 e. The van der Waals surface area contributed by atoms with Gasteiger partial charge in [0.05, 0.1) is 25.4 Å². The molecule has 3 aromatic rings. The average molecular weight is 487 g/mol. The van der Waals surface area contributed by atoms with E-state index in [0.29, 0.717) is 30.4 Å². The molecule has 1 aliphatic rings. The molecule has 0 radical (unpaired) electrons. The zero-order valence-corrected chi connectivity index (χ0v) is 18.2. The van der Waals surface area contributed by atoms with Crippen LogP contribution in [0.3, 0.4) is 0 Å². The molecule has 33 heavy (non-hydrogen) atoms. The summed E-state index contributed by atoms with van der Waals surface area (Å²) in [6.45, 7) is 0.536. The van der Waals surface area contributed by atoms with Gasteiger partial charge < -0.3 is 18.2 Å². The van der Waals surface area contributed by atoms with Gasteiger partial charge in [0.2, 0.25) is 0 Å². The maximum Gasteiger partial charge on any atom is 0.534 e. The minimum absolute atomic E-state index is 0.0584. The highest BCUT2D eigenvalue weighted by Gasteiger charge is 2.49. The van der Waals surface area contributed by atoms with Gasteiger partial charge >= 0.3 is 15.6 Å². The highest BCUT2D eigenvalue weighted by atomic mass is 32.2. The number of fused-ring (bicyclic) bond motifs is 1. The Morgan fingerprint density at radius 2 is 1.94 bits per heavy atom. The number of benzene rings is 1. The van der Waals surface area contributed by atoms with E-state index in [1.807, 2.05) is 0 Å². The molecular weight excluding hydrogens is 467 g/mol. The second kappa shape index (κ2) is 8.71. The third-order valence-electron chi connectivity index (χ3n) is 5.19. The van der Waals surface area contributed by atoms with E-state index in [4.69, 9.17) is 9.47 Å². The SMILES string of the molecule is COc1ccc(Cn2c(=O)cc(OS(=O)(=O)C(F)(F)F)c3nn(C4CCCCO4)cc32)cc1. The summed E-state index contributed by atoms with van der Waals surface area (Å²) in [5.74, 6) is -0.188. The lowest BCUT2D eigenvalue weighted by atomic mass is 10.2. The van der Waals surface area contributed by atoms with Crippen LogP contribution in [0.25, 0.3) is 11.0 Å². The predicted molar refractivity (Wildman–Crippen MR) is 111 cm³/mol. The molecular formula is C20H20F3N3O6S. The number of methoxy groups -OCH3 is 1. The fraction of sp³-hybridized carbons (Fsp3) is 0.400. The van der Waals surface area contributed by atoms with Crippen LogP contribution < -0.4 is 14.5 Å². The number of pyridine rings is 1. The second-order valence-corrected chi connectivity index (χ2v) is 8.97. The lowest BCUT2D eigenvalue weighted by Crippen LogP contribution is -2.29. The van der Waals surface area contributed by atoms with Crippen molar-refractivity contribution in [3.8, 4) is 11.5 Å². The molecule has 0 aliphatic carbocycles.